The van der Waals surface area contributed by atoms with Crippen molar-refractivity contribution < 1.29 is 24.5 Å². The van der Waals surface area contributed by atoms with Crippen LogP contribution in [0.1, 0.15) is 12.8 Å². The Balaban J connectivity index is 1.99. The minimum Gasteiger partial charge on any atom is -0.480 e. The summed E-state index contributed by atoms with van der Waals surface area (Å²) in [5, 5.41) is 18.7. The molecule has 2 N–H and O–H groups in total. The second kappa shape index (κ2) is 6.23. The number of urea groups is 1. The van der Waals surface area contributed by atoms with E-state index in [1.165, 1.54) is 4.90 Å². The van der Waals surface area contributed by atoms with E-state index in [0.29, 0.717) is 19.7 Å². The number of methoxy groups -OCH3 is 1. The lowest BCUT2D eigenvalue weighted by atomic mass is 10.1. The summed E-state index contributed by atoms with van der Waals surface area (Å²) in [6, 6.07) is -1.25. The van der Waals surface area contributed by atoms with Crippen LogP contribution in [0.4, 0.5) is 4.79 Å². The summed E-state index contributed by atoms with van der Waals surface area (Å²) in [4.78, 5) is 26.3. The molecule has 2 atom stereocenters. The van der Waals surface area contributed by atoms with Crippen molar-refractivity contribution in [2.45, 2.75) is 25.0 Å². The minimum absolute atomic E-state index is 0.0843. The first-order valence-corrected chi connectivity index (χ1v) is 6.66. The Morgan fingerprint density at radius 3 is 2.80 bits per heavy atom. The summed E-state index contributed by atoms with van der Waals surface area (Å²) in [6.45, 7) is 1.65. The molecule has 7 nitrogen and oxygen atoms in total. The van der Waals surface area contributed by atoms with Crippen molar-refractivity contribution in [2.75, 3.05) is 33.4 Å². The Hall–Kier alpha value is -1.60. The van der Waals surface area contributed by atoms with Crippen molar-refractivity contribution in [3.8, 4) is 0 Å². The van der Waals surface area contributed by atoms with Crippen molar-refractivity contribution >= 4 is 12.0 Å². The van der Waals surface area contributed by atoms with Gasteiger partial charge < -0.3 is 24.7 Å². The number of aliphatic carboxylic acids is 1. The average molecular weight is 284 g/mol. The molecule has 0 unspecified atom stereocenters. The van der Waals surface area contributed by atoms with E-state index in [1.807, 2.05) is 6.08 Å². The molecule has 0 radical (unpaired) electrons. The van der Waals surface area contributed by atoms with E-state index in [-0.39, 0.29) is 19.0 Å². The maximum Gasteiger partial charge on any atom is 0.326 e. The molecule has 1 fully saturated rings. The van der Waals surface area contributed by atoms with Gasteiger partial charge in [0.2, 0.25) is 0 Å². The van der Waals surface area contributed by atoms with Crippen LogP contribution < -0.4 is 0 Å². The molecule has 0 aromatic rings. The first-order valence-electron chi connectivity index (χ1n) is 6.66. The number of carboxylic acid groups (broad SMARTS) is 1. The molecule has 0 saturated carbocycles. The van der Waals surface area contributed by atoms with E-state index in [0.717, 1.165) is 12.0 Å². The molecule has 0 aromatic heterocycles. The largest absolute Gasteiger partial charge is 0.480 e. The van der Waals surface area contributed by atoms with Gasteiger partial charge >= 0.3 is 12.0 Å². The number of nitrogens with zero attached hydrogens (tertiary/aromatic N) is 2. The molecule has 7 heteroatoms. The number of ether oxygens (including phenoxy) is 1. The second-order valence-corrected chi connectivity index (χ2v) is 5.17. The third-order valence-electron chi connectivity index (χ3n) is 3.71. The standard InChI is InChI=1S/C13H20N2O5/c1-20-8-9-2-4-14(5-3-9)13(19)15-7-10(16)6-11(15)12(17)18/h2,10-11,16H,3-8H2,1H3,(H,17,18)/t10-,11-/m1/s1. The van der Waals surface area contributed by atoms with Crippen LogP contribution >= 0.6 is 0 Å². The van der Waals surface area contributed by atoms with E-state index < -0.39 is 18.1 Å². The van der Waals surface area contributed by atoms with Gasteiger partial charge in [-0.05, 0) is 12.0 Å². The first kappa shape index (κ1) is 14.8. The Kier molecular flexibility index (Phi) is 4.61. The van der Waals surface area contributed by atoms with Crippen LogP contribution in [0.3, 0.4) is 0 Å². The highest BCUT2D eigenvalue weighted by atomic mass is 16.5. The molecule has 20 heavy (non-hydrogen) atoms. The number of likely N-dealkylation sites (tertiary alicyclic amines) is 1. The Morgan fingerprint density at radius 2 is 2.25 bits per heavy atom. The zero-order valence-electron chi connectivity index (χ0n) is 11.5. The molecule has 2 aliphatic rings. The SMILES string of the molecule is COCC1=CCN(C(=O)N2C[C@H](O)C[C@@H]2C(=O)O)CC1. The number of β-amino-alcohol motifs (C(OH)–C–C–N with tert-alkyl or cyclic N) is 1. The minimum atomic E-state index is -1.07. The molecule has 0 aromatic carbocycles. The van der Waals surface area contributed by atoms with Crippen molar-refractivity contribution in [1.82, 2.24) is 9.80 Å². The van der Waals surface area contributed by atoms with Crippen LogP contribution in [-0.2, 0) is 9.53 Å². The topological polar surface area (TPSA) is 90.3 Å². The molecule has 2 amide bonds. The molecule has 1 saturated heterocycles. The number of aliphatic hydroxyl groups is 1. The fourth-order valence-electron chi connectivity index (χ4n) is 2.64. The van der Waals surface area contributed by atoms with Gasteiger partial charge in [0.05, 0.1) is 12.7 Å². The summed E-state index contributed by atoms with van der Waals surface area (Å²) in [6.07, 6.45) is 2.00. The van der Waals surface area contributed by atoms with Gasteiger partial charge in [-0.25, -0.2) is 9.59 Å². The van der Waals surface area contributed by atoms with E-state index >= 15 is 0 Å². The molecule has 2 heterocycles. The van der Waals surface area contributed by atoms with Gasteiger partial charge in [0.15, 0.2) is 0 Å². The van der Waals surface area contributed by atoms with E-state index in [2.05, 4.69) is 0 Å². The molecule has 2 aliphatic heterocycles. The van der Waals surface area contributed by atoms with Crippen molar-refractivity contribution in [3.05, 3.63) is 11.6 Å². The van der Waals surface area contributed by atoms with Crippen LogP contribution in [0.5, 0.6) is 0 Å². The van der Waals surface area contributed by atoms with Gasteiger partial charge in [0, 0.05) is 33.2 Å². The van der Waals surface area contributed by atoms with E-state index in [1.54, 1.807) is 12.0 Å². The Morgan fingerprint density at radius 1 is 1.50 bits per heavy atom. The van der Waals surface area contributed by atoms with Crippen LogP contribution in [0.25, 0.3) is 0 Å². The zero-order chi connectivity index (χ0) is 14.7. The number of rotatable bonds is 3. The number of hydrogen-bond acceptors (Lipinski definition) is 4. The van der Waals surface area contributed by atoms with E-state index in [9.17, 15) is 14.7 Å². The first-order chi connectivity index (χ1) is 9.52. The highest BCUT2D eigenvalue weighted by Crippen LogP contribution is 2.21. The fraction of sp³-hybridized carbons (Fsp3) is 0.692. The maximum absolute atomic E-state index is 12.3. The van der Waals surface area contributed by atoms with Crippen LogP contribution in [0.15, 0.2) is 11.6 Å². The highest BCUT2D eigenvalue weighted by molar-refractivity contribution is 5.83. The summed E-state index contributed by atoms with van der Waals surface area (Å²) in [5.74, 6) is -1.07. The summed E-state index contributed by atoms with van der Waals surface area (Å²) >= 11 is 0. The quantitative estimate of drug-likeness (QED) is 0.707. The number of carbonyl (C=O) groups excluding carboxylic acids is 1. The predicted molar refractivity (Wildman–Crippen MR) is 70.3 cm³/mol. The molecule has 0 aliphatic carbocycles. The van der Waals surface area contributed by atoms with Gasteiger partial charge in [-0.3, -0.25) is 0 Å². The number of carbonyl (C=O) groups is 2. The monoisotopic (exact) mass is 284 g/mol. The Labute approximate surface area is 117 Å². The van der Waals surface area contributed by atoms with E-state index in [4.69, 9.17) is 9.84 Å². The van der Waals surface area contributed by atoms with Crippen LogP contribution in [0, 0.1) is 0 Å². The van der Waals surface area contributed by atoms with Gasteiger partial charge in [0.1, 0.15) is 6.04 Å². The summed E-state index contributed by atoms with van der Waals surface area (Å²) in [5.41, 5.74) is 1.15. The lowest BCUT2D eigenvalue weighted by molar-refractivity contribution is -0.141. The summed E-state index contributed by atoms with van der Waals surface area (Å²) in [7, 11) is 1.63. The normalized spacial score (nSPS) is 26.6. The summed E-state index contributed by atoms with van der Waals surface area (Å²) < 4.78 is 5.05. The van der Waals surface area contributed by atoms with Gasteiger partial charge in [-0.2, -0.15) is 0 Å². The van der Waals surface area contributed by atoms with Crippen LogP contribution in [-0.4, -0.2) is 77.5 Å². The lowest BCUT2D eigenvalue weighted by Gasteiger charge is -2.32. The van der Waals surface area contributed by atoms with Crippen molar-refractivity contribution in [2.24, 2.45) is 0 Å². The maximum atomic E-state index is 12.3. The number of carboxylic acids is 1. The fourth-order valence-corrected chi connectivity index (χ4v) is 2.64. The van der Waals surface area contributed by atoms with Crippen LogP contribution in [0.2, 0.25) is 0 Å². The smallest absolute Gasteiger partial charge is 0.326 e. The van der Waals surface area contributed by atoms with Crippen molar-refractivity contribution in [1.29, 1.82) is 0 Å². The molecule has 2 rings (SSSR count). The number of amides is 2. The molecule has 0 bridgehead atoms. The third-order valence-corrected chi connectivity index (χ3v) is 3.71. The number of hydrogen-bond donors (Lipinski definition) is 2. The van der Waals surface area contributed by atoms with Gasteiger partial charge in [-0.15, -0.1) is 0 Å². The number of aliphatic hydroxyl groups excluding tert-OH is 1. The highest BCUT2D eigenvalue weighted by Gasteiger charge is 2.40. The Bertz CT molecular complexity index is 423. The predicted octanol–water partition coefficient (Wildman–Crippen LogP) is -0.0953. The third kappa shape index (κ3) is 3.10. The molecule has 112 valence electrons. The average Bonchev–Trinajstić information content (AvgIpc) is 2.81. The van der Waals surface area contributed by atoms with Crippen molar-refractivity contribution in [3.63, 3.8) is 0 Å². The second-order valence-electron chi connectivity index (χ2n) is 5.17. The zero-order valence-corrected chi connectivity index (χ0v) is 11.5. The molecule has 0 spiro atoms. The van der Waals surface area contributed by atoms with Gasteiger partial charge in [0.25, 0.3) is 0 Å². The lowest BCUT2D eigenvalue weighted by Crippen LogP contribution is -2.49. The molecular weight excluding hydrogens is 264 g/mol. The molecular formula is C13H20N2O5. The van der Waals surface area contributed by atoms with Gasteiger partial charge in [-0.1, -0.05) is 6.08 Å².